The monoisotopic (exact) mass is 1210 g/mol. The summed E-state index contributed by atoms with van der Waals surface area (Å²) in [4.78, 5) is 165. The molecule has 0 aromatic carbocycles. The van der Waals surface area contributed by atoms with E-state index in [9.17, 15) is 67.4 Å². The standard InChI is InChI=1S/C50H69NO33/c1-18(52)51-35-40(73-25(8)59)36(31(79-47(35)65)14-66-19(2)53)83-49-46(78-30(13)64)43(84-50-45(77-29(12)63)42(75-27(10)61)38(71-23(6)57)33(81-50)16-68-21(4)55)39(72-24(7)58)34(82-49)17-69-48-44(76-28(11)62)41(74-26(9)60)37(70-22(5)56)32(80-48)15-67-20(3)54/h31-50,65H,14-17H2,1-13H3,(H,51,52)/t31?,32?,33-,34?,35?,36+,37+,38-,39+,40-,41+,42?,43+,44?,45?,46?,47?,48-,49+,50-/m1/s1. The Hall–Kier alpha value is -7.21. The zero-order chi connectivity index (χ0) is 63.0. The second-order valence-corrected chi connectivity index (χ2v) is 19.0. The predicted molar refractivity (Wildman–Crippen MR) is 260 cm³/mol. The molecular weight excluding hydrogens is 1140 g/mol. The Morgan fingerprint density at radius 2 is 0.583 bits per heavy atom. The number of amides is 1. The van der Waals surface area contributed by atoms with Crippen molar-refractivity contribution in [2.75, 3.05) is 26.4 Å². The lowest BCUT2D eigenvalue weighted by molar-refractivity contribution is -0.380. The fourth-order valence-electron chi connectivity index (χ4n) is 9.19. The third-order valence-corrected chi connectivity index (χ3v) is 11.9. The lowest BCUT2D eigenvalue weighted by Crippen LogP contribution is -2.70. The van der Waals surface area contributed by atoms with Gasteiger partial charge in [-0.05, 0) is 0 Å². The second kappa shape index (κ2) is 31.6. The van der Waals surface area contributed by atoms with Gasteiger partial charge in [-0.3, -0.25) is 62.3 Å². The van der Waals surface area contributed by atoms with Gasteiger partial charge >= 0.3 is 71.6 Å². The number of hydrogen-bond donors (Lipinski definition) is 2. The summed E-state index contributed by atoms with van der Waals surface area (Å²) >= 11 is 0. The number of nitrogens with one attached hydrogen (secondary N) is 1. The SMILES string of the molecule is CC(=O)NC1C(O)OC(COC(C)=O)[C@H](O[C@@H]2OC(CO[C@@H]3OC(COC(C)=O)[C@H](OC(C)=O)[C@H](OC(C)=O)C3OC(C)=O)[C@H](OC(C)=O)[C@H](O[C@H]3O[C@H](COC(C)=O)[C@@H](OC(C)=O)C(OC(C)=O)C3OC(C)=O)C2OC(C)=O)[C@@H]1OC(C)=O. The van der Waals surface area contributed by atoms with Crippen LogP contribution in [0, 0.1) is 0 Å². The molecule has 9 unspecified atom stereocenters. The van der Waals surface area contributed by atoms with Crippen LogP contribution in [-0.4, -0.2) is 232 Å². The van der Waals surface area contributed by atoms with Gasteiger partial charge in [0.25, 0.3) is 0 Å². The molecule has 20 atom stereocenters. The van der Waals surface area contributed by atoms with Crippen molar-refractivity contribution in [3.63, 3.8) is 0 Å². The first-order valence-corrected chi connectivity index (χ1v) is 25.7. The molecule has 1 amide bonds. The Balaban J connectivity index is 2.07. The van der Waals surface area contributed by atoms with Gasteiger partial charge in [-0.2, -0.15) is 0 Å². The first-order valence-electron chi connectivity index (χ1n) is 25.7. The number of aliphatic hydroxyl groups excluding tert-OH is 1. The number of esters is 12. The van der Waals surface area contributed by atoms with E-state index in [1.54, 1.807) is 0 Å². The van der Waals surface area contributed by atoms with Crippen LogP contribution in [0.2, 0.25) is 0 Å². The van der Waals surface area contributed by atoms with E-state index < -0.39 is 227 Å². The van der Waals surface area contributed by atoms with Gasteiger partial charge in [0.15, 0.2) is 80.1 Å². The molecule has 34 heteroatoms. The smallest absolute Gasteiger partial charge is 0.303 e. The number of hydrogen-bond acceptors (Lipinski definition) is 33. The maximum Gasteiger partial charge on any atom is 0.303 e. The highest BCUT2D eigenvalue weighted by Gasteiger charge is 2.61. The number of ether oxygens (including phenoxy) is 19. The first kappa shape index (κ1) is 69.3. The third-order valence-electron chi connectivity index (χ3n) is 11.9. The van der Waals surface area contributed by atoms with Crippen molar-refractivity contribution in [1.29, 1.82) is 0 Å². The Labute approximate surface area is 478 Å². The van der Waals surface area contributed by atoms with Crippen molar-refractivity contribution in [3.8, 4) is 0 Å². The summed E-state index contributed by atoms with van der Waals surface area (Å²) in [6, 6.07) is -1.71. The highest BCUT2D eigenvalue weighted by molar-refractivity contribution is 5.74. The van der Waals surface area contributed by atoms with E-state index in [4.69, 9.17) is 90.0 Å². The minimum atomic E-state index is -2.26. The van der Waals surface area contributed by atoms with Crippen molar-refractivity contribution >= 4 is 77.5 Å². The molecule has 0 spiro atoms. The Bertz CT molecular complexity index is 2410. The topological polar surface area (TPSA) is 430 Å². The average Bonchev–Trinajstić information content (AvgIpc) is 1.25. The van der Waals surface area contributed by atoms with Crippen LogP contribution < -0.4 is 5.32 Å². The maximum atomic E-state index is 13.4. The van der Waals surface area contributed by atoms with Gasteiger partial charge in [0.2, 0.25) is 5.91 Å². The predicted octanol–water partition coefficient (Wildman–Crippen LogP) is -2.76. The lowest BCUT2D eigenvalue weighted by Gasteiger charge is -2.50. The second-order valence-electron chi connectivity index (χ2n) is 19.0. The van der Waals surface area contributed by atoms with E-state index in [0.717, 1.165) is 90.0 Å². The van der Waals surface area contributed by atoms with Crippen LogP contribution in [0.25, 0.3) is 0 Å². The van der Waals surface area contributed by atoms with Crippen LogP contribution in [0.1, 0.15) is 90.0 Å². The first-order chi connectivity index (χ1) is 39.3. The van der Waals surface area contributed by atoms with Crippen LogP contribution in [0.3, 0.4) is 0 Å². The molecule has 472 valence electrons. The Kier molecular flexibility index (Phi) is 26.1. The van der Waals surface area contributed by atoms with Crippen LogP contribution in [0.15, 0.2) is 0 Å². The maximum absolute atomic E-state index is 13.4. The summed E-state index contributed by atoms with van der Waals surface area (Å²) in [5, 5.41) is 13.6. The van der Waals surface area contributed by atoms with Crippen LogP contribution >= 0.6 is 0 Å². The van der Waals surface area contributed by atoms with E-state index in [1.807, 2.05) is 0 Å². The van der Waals surface area contributed by atoms with Gasteiger partial charge in [0.1, 0.15) is 62.5 Å². The largest absolute Gasteiger partial charge is 0.463 e. The van der Waals surface area contributed by atoms with E-state index in [2.05, 4.69) is 5.32 Å². The molecule has 0 aromatic rings. The van der Waals surface area contributed by atoms with Crippen molar-refractivity contribution in [2.24, 2.45) is 0 Å². The van der Waals surface area contributed by atoms with Crippen LogP contribution in [0.4, 0.5) is 0 Å². The van der Waals surface area contributed by atoms with Gasteiger partial charge in [-0.15, -0.1) is 0 Å². The minimum Gasteiger partial charge on any atom is -0.463 e. The number of rotatable bonds is 23. The number of carbonyl (C=O) groups is 13. The number of aliphatic hydroxyl groups is 1. The quantitative estimate of drug-likeness (QED) is 0.0773. The molecule has 2 N–H and O–H groups in total. The lowest BCUT2D eigenvalue weighted by atomic mass is 9.94. The third kappa shape index (κ3) is 20.5. The fraction of sp³-hybridized carbons (Fsp3) is 0.740. The summed E-state index contributed by atoms with van der Waals surface area (Å²) in [7, 11) is 0. The molecule has 4 aliphatic heterocycles. The molecule has 0 saturated carbocycles. The van der Waals surface area contributed by atoms with Crippen molar-refractivity contribution in [2.45, 2.75) is 213 Å². The highest BCUT2D eigenvalue weighted by Crippen LogP contribution is 2.39. The molecular formula is C50H69NO33. The molecule has 0 aromatic heterocycles. The number of carbonyl (C=O) groups excluding carboxylic acids is 13. The summed E-state index contributed by atoms with van der Waals surface area (Å²) < 4.78 is 110. The van der Waals surface area contributed by atoms with Crippen LogP contribution in [0.5, 0.6) is 0 Å². The zero-order valence-electron chi connectivity index (χ0n) is 47.9. The molecule has 4 saturated heterocycles. The zero-order valence-corrected chi connectivity index (χ0v) is 47.9. The van der Waals surface area contributed by atoms with Crippen molar-refractivity contribution in [1.82, 2.24) is 5.32 Å². The molecule has 34 nitrogen and oxygen atoms in total. The van der Waals surface area contributed by atoms with E-state index in [-0.39, 0.29) is 0 Å². The van der Waals surface area contributed by atoms with Crippen LogP contribution in [-0.2, 0) is 152 Å². The molecule has 0 aliphatic carbocycles. The summed E-state index contributed by atoms with van der Waals surface area (Å²) in [5.74, 6) is -13.1. The molecule has 4 rings (SSSR count). The molecule has 0 bridgehead atoms. The molecule has 84 heavy (non-hydrogen) atoms. The van der Waals surface area contributed by atoms with Gasteiger partial charge in [-0.25, -0.2) is 0 Å². The highest BCUT2D eigenvalue weighted by atomic mass is 16.8. The average molecular weight is 1210 g/mol. The summed E-state index contributed by atoms with van der Waals surface area (Å²) in [6.07, 6.45) is -36.7. The normalized spacial score (nSPS) is 32.7. The molecule has 4 aliphatic rings. The Morgan fingerprint density at radius 3 is 0.940 bits per heavy atom. The van der Waals surface area contributed by atoms with Gasteiger partial charge in [0, 0.05) is 90.0 Å². The van der Waals surface area contributed by atoms with E-state index in [0.29, 0.717) is 0 Å². The van der Waals surface area contributed by atoms with Gasteiger partial charge in [0.05, 0.1) is 6.61 Å². The molecule has 4 heterocycles. The molecule has 4 fully saturated rings. The van der Waals surface area contributed by atoms with Gasteiger partial charge in [-0.1, -0.05) is 0 Å². The van der Waals surface area contributed by atoms with Crippen molar-refractivity contribution < 1.29 is 157 Å². The fourth-order valence-corrected chi connectivity index (χ4v) is 9.19. The Morgan fingerprint density at radius 1 is 0.310 bits per heavy atom. The van der Waals surface area contributed by atoms with Gasteiger partial charge < -0.3 is 100 Å². The van der Waals surface area contributed by atoms with Crippen molar-refractivity contribution in [3.05, 3.63) is 0 Å². The summed E-state index contributed by atoms with van der Waals surface area (Å²) in [6.45, 7) is 9.04. The van der Waals surface area contributed by atoms with E-state index >= 15 is 0 Å². The molecule has 0 radical (unpaired) electrons. The van der Waals surface area contributed by atoms with E-state index in [1.165, 1.54) is 0 Å². The minimum absolute atomic E-state index is 0.727. The summed E-state index contributed by atoms with van der Waals surface area (Å²) in [5.41, 5.74) is 0.